The molecule has 5 unspecified atom stereocenters. The molecule has 15 heteroatoms. The summed E-state index contributed by atoms with van der Waals surface area (Å²) in [6.45, 7) is 3.78. The van der Waals surface area contributed by atoms with Gasteiger partial charge in [-0.05, 0) is 18.8 Å². The lowest BCUT2D eigenvalue weighted by Crippen LogP contribution is -2.59. The molecule has 1 aromatic heterocycles. The van der Waals surface area contributed by atoms with E-state index in [-0.39, 0.29) is 37.0 Å². The fraction of sp³-hybridized carbons (Fsp3) is 0.619. The third-order valence-electron chi connectivity index (χ3n) is 5.50. The molecule has 0 aliphatic heterocycles. The number of nitrogens with one attached hydrogen (secondary N) is 4. The fourth-order valence-electron chi connectivity index (χ4n) is 3.18. The summed E-state index contributed by atoms with van der Waals surface area (Å²) in [6, 6.07) is -4.25. The zero-order valence-electron chi connectivity index (χ0n) is 20.4. The number of amides is 3. The van der Waals surface area contributed by atoms with Crippen molar-refractivity contribution in [3.05, 3.63) is 18.2 Å². The Balaban J connectivity index is 2.81. The number of aromatic amines is 1. The predicted molar refractivity (Wildman–Crippen MR) is 137 cm³/mol. The predicted octanol–water partition coefficient (Wildman–Crippen LogP) is -2.15. The quantitative estimate of drug-likeness (QED) is 0.0491. The topological polar surface area (TPSA) is 244 Å². The van der Waals surface area contributed by atoms with Gasteiger partial charge in [0, 0.05) is 30.6 Å². The smallest absolute Gasteiger partial charge is 0.326 e. The molecule has 0 radical (unpaired) electrons. The Kier molecular flexibility index (Phi) is 13.3. The van der Waals surface area contributed by atoms with E-state index in [9.17, 15) is 24.3 Å². The van der Waals surface area contributed by atoms with Crippen molar-refractivity contribution in [1.82, 2.24) is 25.9 Å². The number of carbonyl (C=O) groups excluding carboxylic acids is 3. The molecule has 0 fully saturated rings. The number of guanidine groups is 1. The van der Waals surface area contributed by atoms with Gasteiger partial charge in [0.2, 0.25) is 17.7 Å². The fourth-order valence-corrected chi connectivity index (χ4v) is 3.43. The summed E-state index contributed by atoms with van der Waals surface area (Å²) in [5.41, 5.74) is 17.1. The number of hydrogen-bond acceptors (Lipinski definition) is 8. The van der Waals surface area contributed by atoms with E-state index < -0.39 is 47.9 Å². The maximum Gasteiger partial charge on any atom is 0.326 e. The molecular formula is C21H37N9O5S. The first kappa shape index (κ1) is 30.7. The molecular weight excluding hydrogens is 490 g/mol. The van der Waals surface area contributed by atoms with Crippen LogP contribution < -0.4 is 33.2 Å². The minimum Gasteiger partial charge on any atom is -0.480 e. The number of carboxylic acids is 1. The van der Waals surface area contributed by atoms with E-state index in [1.54, 1.807) is 6.92 Å². The van der Waals surface area contributed by atoms with Crippen LogP contribution in [-0.2, 0) is 25.6 Å². The third-order valence-corrected chi connectivity index (χ3v) is 5.87. The Bertz CT molecular complexity index is 892. The SMILES string of the molecule is CCC(C)C(NC(=O)C(CS)NC(=O)C(N)Cc1cnc[nH]1)C(=O)NC(CCCN=C(N)N)C(=O)O. The molecule has 1 rings (SSSR count). The van der Waals surface area contributed by atoms with Crippen LogP contribution in [-0.4, -0.2) is 81.2 Å². The summed E-state index contributed by atoms with van der Waals surface area (Å²) in [7, 11) is 0. The van der Waals surface area contributed by atoms with Crippen molar-refractivity contribution in [1.29, 1.82) is 0 Å². The number of rotatable bonds is 16. The maximum atomic E-state index is 13.0. The van der Waals surface area contributed by atoms with Gasteiger partial charge in [0.25, 0.3) is 0 Å². The summed E-state index contributed by atoms with van der Waals surface area (Å²) in [5.74, 6) is -3.60. The van der Waals surface area contributed by atoms with Crippen molar-refractivity contribution >= 4 is 42.3 Å². The molecule has 1 heterocycles. The van der Waals surface area contributed by atoms with Crippen LogP contribution in [0.25, 0.3) is 0 Å². The number of imidazole rings is 1. The number of carboxylic acid groups (broad SMARTS) is 1. The van der Waals surface area contributed by atoms with Crippen LogP contribution in [0.15, 0.2) is 17.5 Å². The molecule has 0 aliphatic carbocycles. The van der Waals surface area contributed by atoms with Gasteiger partial charge in [-0.15, -0.1) is 0 Å². The summed E-state index contributed by atoms with van der Waals surface area (Å²) in [5, 5.41) is 17.1. The molecule has 5 atom stereocenters. The lowest BCUT2D eigenvalue weighted by molar-refractivity contribution is -0.142. The van der Waals surface area contributed by atoms with Gasteiger partial charge in [-0.3, -0.25) is 19.4 Å². The Labute approximate surface area is 215 Å². The molecule has 202 valence electrons. The van der Waals surface area contributed by atoms with E-state index in [1.165, 1.54) is 12.5 Å². The number of aliphatic imine (C=N–C) groups is 1. The molecule has 0 aromatic carbocycles. The normalized spacial score (nSPS) is 15.0. The highest BCUT2D eigenvalue weighted by Gasteiger charge is 2.32. The third kappa shape index (κ3) is 10.5. The van der Waals surface area contributed by atoms with Gasteiger partial charge >= 0.3 is 5.97 Å². The van der Waals surface area contributed by atoms with Crippen LogP contribution in [0.4, 0.5) is 0 Å². The number of nitrogens with zero attached hydrogens (tertiary/aromatic N) is 2. The molecule has 0 aliphatic rings. The Morgan fingerprint density at radius 2 is 1.81 bits per heavy atom. The number of hydrogen-bond donors (Lipinski definition) is 9. The summed E-state index contributed by atoms with van der Waals surface area (Å²) >= 11 is 4.14. The number of aromatic nitrogens is 2. The standard InChI is InChI=1S/C21H37N9O5S/c1-3-11(2)16(19(33)28-14(20(34)35)5-4-6-26-21(23)24)30-18(32)15(9-36)29-17(31)13(22)7-12-8-25-10-27-12/h8,10-11,13-16,36H,3-7,9,22H2,1-2H3,(H,25,27)(H,28,33)(H,29,31)(H,30,32)(H,34,35)(H4,23,24,26). The molecule has 0 saturated heterocycles. The van der Waals surface area contributed by atoms with Crippen molar-refractivity contribution in [2.45, 2.75) is 63.7 Å². The largest absolute Gasteiger partial charge is 0.480 e. The van der Waals surface area contributed by atoms with Crippen molar-refractivity contribution in [2.24, 2.45) is 28.1 Å². The van der Waals surface area contributed by atoms with Crippen molar-refractivity contribution in [3.63, 3.8) is 0 Å². The second kappa shape index (κ2) is 15.6. The molecule has 0 spiro atoms. The number of thiol groups is 1. The zero-order chi connectivity index (χ0) is 27.3. The van der Waals surface area contributed by atoms with Crippen LogP contribution in [0.2, 0.25) is 0 Å². The first-order valence-electron chi connectivity index (χ1n) is 11.5. The minimum absolute atomic E-state index is 0.0499. The Hall–Kier alpha value is -3.33. The lowest BCUT2D eigenvalue weighted by Gasteiger charge is -2.27. The monoisotopic (exact) mass is 527 g/mol. The Morgan fingerprint density at radius 3 is 2.33 bits per heavy atom. The number of nitrogens with two attached hydrogens (primary N) is 3. The average molecular weight is 528 g/mol. The molecule has 3 amide bonds. The first-order chi connectivity index (χ1) is 17.0. The highest BCUT2D eigenvalue weighted by Crippen LogP contribution is 2.10. The van der Waals surface area contributed by atoms with Gasteiger partial charge in [0.15, 0.2) is 5.96 Å². The van der Waals surface area contributed by atoms with Gasteiger partial charge in [0.05, 0.1) is 12.4 Å². The van der Waals surface area contributed by atoms with Crippen molar-refractivity contribution in [3.8, 4) is 0 Å². The van der Waals surface area contributed by atoms with Crippen LogP contribution in [0, 0.1) is 5.92 Å². The highest BCUT2D eigenvalue weighted by atomic mass is 32.1. The summed E-state index contributed by atoms with van der Waals surface area (Å²) in [6.07, 6.45) is 4.11. The van der Waals surface area contributed by atoms with Crippen molar-refractivity contribution < 1.29 is 24.3 Å². The van der Waals surface area contributed by atoms with Gasteiger partial charge in [-0.2, -0.15) is 12.6 Å². The number of H-pyrrole nitrogens is 1. The average Bonchev–Trinajstić information content (AvgIpc) is 3.34. The number of carbonyl (C=O) groups is 4. The molecule has 1 aromatic rings. The molecule has 0 bridgehead atoms. The maximum absolute atomic E-state index is 13.0. The van der Waals surface area contributed by atoms with E-state index in [0.29, 0.717) is 18.5 Å². The van der Waals surface area contributed by atoms with Crippen LogP contribution in [0.1, 0.15) is 38.8 Å². The minimum atomic E-state index is -1.23. The van der Waals surface area contributed by atoms with Crippen LogP contribution in [0.5, 0.6) is 0 Å². The van der Waals surface area contributed by atoms with Gasteiger partial charge in [-0.25, -0.2) is 9.78 Å². The second-order valence-corrected chi connectivity index (χ2v) is 8.72. The van der Waals surface area contributed by atoms with E-state index in [4.69, 9.17) is 17.2 Å². The molecule has 36 heavy (non-hydrogen) atoms. The van der Waals surface area contributed by atoms with E-state index in [1.807, 2.05) is 6.92 Å². The molecule has 0 saturated carbocycles. The van der Waals surface area contributed by atoms with E-state index in [0.717, 1.165) is 0 Å². The van der Waals surface area contributed by atoms with Crippen LogP contribution in [0.3, 0.4) is 0 Å². The van der Waals surface area contributed by atoms with Crippen molar-refractivity contribution in [2.75, 3.05) is 12.3 Å². The van der Waals surface area contributed by atoms with Gasteiger partial charge in [0.1, 0.15) is 18.1 Å². The lowest BCUT2D eigenvalue weighted by atomic mass is 9.97. The van der Waals surface area contributed by atoms with Gasteiger partial charge in [-0.1, -0.05) is 20.3 Å². The first-order valence-corrected chi connectivity index (χ1v) is 12.2. The van der Waals surface area contributed by atoms with E-state index >= 15 is 0 Å². The molecule has 14 nitrogen and oxygen atoms in total. The second-order valence-electron chi connectivity index (χ2n) is 8.35. The molecule has 11 N–H and O–H groups in total. The zero-order valence-corrected chi connectivity index (χ0v) is 21.3. The van der Waals surface area contributed by atoms with Crippen LogP contribution >= 0.6 is 12.6 Å². The summed E-state index contributed by atoms with van der Waals surface area (Å²) < 4.78 is 0. The van der Waals surface area contributed by atoms with Gasteiger partial charge < -0.3 is 43.2 Å². The highest BCUT2D eigenvalue weighted by molar-refractivity contribution is 7.80. The Morgan fingerprint density at radius 1 is 1.14 bits per heavy atom. The van der Waals surface area contributed by atoms with E-state index in [2.05, 4.69) is 43.5 Å². The summed E-state index contributed by atoms with van der Waals surface area (Å²) in [4.78, 5) is 60.5. The number of aliphatic carboxylic acids is 1.